The molecule has 0 spiro atoms. The zero-order valence-electron chi connectivity index (χ0n) is 20.1. The van der Waals surface area contributed by atoms with E-state index in [4.69, 9.17) is 0 Å². The Bertz CT molecular complexity index is 609. The Labute approximate surface area is 174 Å². The van der Waals surface area contributed by atoms with E-state index in [1.807, 2.05) is 0 Å². The standard InChI is InChI=1S/2C9H13.2C3H9Si.Zr/c2*1-9(2,3)8-6-4-5-7-8;2*1-4(2)3;/h2*4-7H,1-3H3;2*1-3H3;. The topological polar surface area (TPSA) is 0 Å². The Morgan fingerprint density at radius 3 is 0.889 bits per heavy atom. The van der Waals surface area contributed by atoms with Gasteiger partial charge in [-0.25, -0.2) is 0 Å². The number of allylic oxidation sites excluding steroid dienone is 8. The van der Waals surface area contributed by atoms with Gasteiger partial charge in [-0.05, 0) is 0 Å². The molecule has 0 unspecified atom stereocenters. The summed E-state index contributed by atoms with van der Waals surface area (Å²) in [5, 5.41) is -3.00. The summed E-state index contributed by atoms with van der Waals surface area (Å²) in [4.78, 5) is 0. The minimum absolute atomic E-state index is 0.246. The van der Waals surface area contributed by atoms with Gasteiger partial charge in [-0.1, -0.05) is 0 Å². The van der Waals surface area contributed by atoms with Crippen LogP contribution in [0.1, 0.15) is 41.5 Å². The van der Waals surface area contributed by atoms with Gasteiger partial charge in [0, 0.05) is 0 Å². The minimum atomic E-state index is -3.10. The molecule has 0 aromatic carbocycles. The first kappa shape index (κ1) is 23.6. The van der Waals surface area contributed by atoms with Gasteiger partial charge in [0.15, 0.2) is 0 Å². The third-order valence-electron chi connectivity index (χ3n) is 7.63. The van der Waals surface area contributed by atoms with E-state index in [9.17, 15) is 0 Å². The molecule has 0 nitrogen and oxygen atoms in total. The van der Waals surface area contributed by atoms with Crippen molar-refractivity contribution in [2.24, 2.45) is 10.8 Å². The summed E-state index contributed by atoms with van der Waals surface area (Å²) in [6.45, 7) is 31.6. The molecule has 2 aliphatic carbocycles. The molecule has 0 saturated heterocycles. The zero-order valence-corrected chi connectivity index (χ0v) is 24.6. The van der Waals surface area contributed by atoms with Gasteiger partial charge in [0.05, 0.1) is 0 Å². The van der Waals surface area contributed by atoms with Gasteiger partial charge in [0.1, 0.15) is 0 Å². The molecular weight excluding hydrogens is 436 g/mol. The van der Waals surface area contributed by atoms with Crippen LogP contribution in [0.4, 0.5) is 0 Å². The maximum atomic E-state index is 2.74. The summed E-state index contributed by atoms with van der Waals surface area (Å²) in [5.74, 6) is 0. The van der Waals surface area contributed by atoms with Crippen LogP contribution in [0.15, 0.2) is 48.6 Å². The second-order valence-corrected chi connectivity index (χ2v) is 63.6. The molecule has 0 N–H and O–H groups in total. The monoisotopic (exact) mass is 478 g/mol. The Balaban J connectivity index is 3.18. The summed E-state index contributed by atoms with van der Waals surface area (Å²) in [5.41, 5.74) is 0.491. The van der Waals surface area contributed by atoms with Crippen molar-refractivity contribution in [1.29, 1.82) is 0 Å². The Hall–Kier alpha value is 0.277. The van der Waals surface area contributed by atoms with Gasteiger partial charge >= 0.3 is 175 Å². The second-order valence-electron chi connectivity index (χ2n) is 12.9. The van der Waals surface area contributed by atoms with Crippen LogP contribution in [0, 0.1) is 10.8 Å². The molecule has 0 radical (unpaired) electrons. The summed E-state index contributed by atoms with van der Waals surface area (Å²) in [6, 6.07) is 0. The normalized spacial score (nSPS) is 22.1. The van der Waals surface area contributed by atoms with Gasteiger partial charge in [-0.2, -0.15) is 0 Å². The Kier molecular flexibility index (Phi) is 5.79. The van der Waals surface area contributed by atoms with Gasteiger partial charge in [0.2, 0.25) is 0 Å². The summed E-state index contributed by atoms with van der Waals surface area (Å²) < 4.78 is 0.534. The van der Waals surface area contributed by atoms with Crippen molar-refractivity contribution < 1.29 is 18.6 Å². The number of hydrogen-bond acceptors (Lipinski definition) is 0. The molecule has 2 rings (SSSR count). The Morgan fingerprint density at radius 1 is 0.519 bits per heavy atom. The summed E-state index contributed by atoms with van der Waals surface area (Å²) in [7, 11) is 0. The molecule has 0 saturated carbocycles. The first-order valence-electron chi connectivity index (χ1n) is 10.7. The van der Waals surface area contributed by atoms with Gasteiger partial charge < -0.3 is 0 Å². The Morgan fingerprint density at radius 2 is 0.741 bits per heavy atom. The molecule has 3 heteroatoms. The van der Waals surface area contributed by atoms with Crippen LogP contribution in [0.2, 0.25) is 45.5 Å². The average molecular weight is 480 g/mol. The van der Waals surface area contributed by atoms with E-state index in [0.29, 0.717) is 0 Å². The second kappa shape index (κ2) is 6.64. The molecule has 0 aliphatic heterocycles. The first-order chi connectivity index (χ1) is 11.9. The summed E-state index contributed by atoms with van der Waals surface area (Å²) >= 11 is -3.10. The van der Waals surface area contributed by atoms with Crippen molar-refractivity contribution in [2.45, 2.75) is 87.1 Å². The van der Waals surface area contributed by atoms with Crippen molar-refractivity contribution >= 4 is 10.4 Å². The van der Waals surface area contributed by atoms with Crippen LogP contribution in [0.3, 0.4) is 0 Å². The van der Waals surface area contributed by atoms with Crippen LogP contribution in [0.5, 0.6) is 0 Å². The molecule has 0 fully saturated rings. The van der Waals surface area contributed by atoms with Gasteiger partial charge in [0.25, 0.3) is 0 Å². The van der Waals surface area contributed by atoms with E-state index in [0.717, 1.165) is 0 Å². The van der Waals surface area contributed by atoms with E-state index in [1.54, 1.807) is 0 Å². The fourth-order valence-corrected chi connectivity index (χ4v) is 131. The predicted molar refractivity (Wildman–Crippen MR) is 128 cm³/mol. The maximum absolute atomic E-state index is 3.10. The molecule has 0 amide bonds. The quantitative estimate of drug-likeness (QED) is 0.355. The third-order valence-corrected chi connectivity index (χ3v) is 93.2. The molecule has 0 aromatic heterocycles. The molecule has 0 heterocycles. The van der Waals surface area contributed by atoms with E-state index in [-0.39, 0.29) is 17.1 Å². The van der Waals surface area contributed by atoms with Crippen molar-refractivity contribution in [1.82, 2.24) is 0 Å². The van der Waals surface area contributed by atoms with Crippen LogP contribution in [-0.2, 0) is 18.6 Å². The first-order valence-corrected chi connectivity index (χ1v) is 27.5. The zero-order chi connectivity index (χ0) is 21.2. The molecule has 27 heavy (non-hydrogen) atoms. The summed E-state index contributed by atoms with van der Waals surface area (Å²) in [6.07, 6.45) is 20.3. The number of rotatable bonds is 4. The van der Waals surface area contributed by atoms with Gasteiger partial charge in [-0.3, -0.25) is 0 Å². The van der Waals surface area contributed by atoms with E-state index in [1.165, 1.54) is 0 Å². The van der Waals surface area contributed by atoms with E-state index < -0.39 is 29.0 Å². The molecule has 0 bridgehead atoms. The average Bonchev–Trinajstić information content (AvgIpc) is 3.04. The SMILES string of the molecule is CC(C)(C)[C]1([Zr]([C]2(C(C)(C)C)C=CC=C2)([Si](C)(C)C)[Si](C)(C)C)C=CC=C1. The third kappa shape index (κ3) is 2.96. The predicted octanol–water partition coefficient (Wildman–Crippen LogP) is 8.47. The fraction of sp³-hybridized carbons (Fsp3) is 0.667. The fourth-order valence-electron chi connectivity index (χ4n) is 7.51. The van der Waals surface area contributed by atoms with Crippen LogP contribution < -0.4 is 0 Å². The van der Waals surface area contributed by atoms with Crippen molar-refractivity contribution in [3.05, 3.63) is 48.6 Å². The van der Waals surface area contributed by atoms with Crippen LogP contribution in [0.25, 0.3) is 0 Å². The number of hydrogen-bond donors (Lipinski definition) is 0. The van der Waals surface area contributed by atoms with E-state index >= 15 is 0 Å². The van der Waals surface area contributed by atoms with Crippen LogP contribution in [-0.4, -0.2) is 10.4 Å². The van der Waals surface area contributed by atoms with Crippen LogP contribution >= 0.6 is 0 Å². The van der Waals surface area contributed by atoms with E-state index in [2.05, 4.69) is 129 Å². The molecule has 0 aromatic rings. The molecule has 152 valence electrons. The molecular formula is C24H44Si2Zr. The van der Waals surface area contributed by atoms with Crippen molar-refractivity contribution in [3.63, 3.8) is 0 Å². The molecule has 2 aliphatic rings. The van der Waals surface area contributed by atoms with Crippen molar-refractivity contribution in [3.8, 4) is 0 Å². The van der Waals surface area contributed by atoms with Gasteiger partial charge in [-0.15, -0.1) is 0 Å². The molecule has 0 atom stereocenters. The van der Waals surface area contributed by atoms with Crippen molar-refractivity contribution in [2.75, 3.05) is 0 Å².